The lowest BCUT2D eigenvalue weighted by molar-refractivity contribution is -0.130. The third-order valence-corrected chi connectivity index (χ3v) is 4.55. The minimum atomic E-state index is -0.606. The van der Waals surface area contributed by atoms with Gasteiger partial charge >= 0.3 is 0 Å². The Morgan fingerprint density at radius 3 is 2.70 bits per heavy atom. The quantitative estimate of drug-likeness (QED) is 0.664. The van der Waals surface area contributed by atoms with E-state index in [4.69, 9.17) is 21.1 Å². The lowest BCUT2D eigenvalue weighted by Crippen LogP contribution is -2.44. The van der Waals surface area contributed by atoms with E-state index in [-0.39, 0.29) is 12.5 Å². The molecule has 6 heteroatoms. The molecule has 1 amide bonds. The molecule has 0 saturated heterocycles. The van der Waals surface area contributed by atoms with E-state index in [0.717, 1.165) is 15.7 Å². The fourth-order valence-electron chi connectivity index (χ4n) is 2.14. The molecule has 4 nitrogen and oxygen atoms in total. The van der Waals surface area contributed by atoms with Crippen LogP contribution in [0.5, 0.6) is 11.5 Å². The number of thioether (sulfide) groups is 1. The van der Waals surface area contributed by atoms with E-state index >= 15 is 0 Å². The Morgan fingerprint density at radius 2 is 1.91 bits per heavy atom. The van der Waals surface area contributed by atoms with Crippen molar-refractivity contribution in [2.45, 2.75) is 11.0 Å². The van der Waals surface area contributed by atoms with E-state index in [2.05, 4.69) is 5.32 Å². The second kappa shape index (κ2) is 7.62. The van der Waals surface area contributed by atoms with Gasteiger partial charge in [-0.25, -0.2) is 0 Å². The molecule has 0 saturated carbocycles. The molecule has 1 heterocycles. The van der Waals surface area contributed by atoms with Crippen LogP contribution in [0.2, 0.25) is 5.02 Å². The minimum Gasteiger partial charge on any atom is -0.485 e. The highest BCUT2D eigenvalue weighted by molar-refractivity contribution is 7.99. The highest BCUT2D eigenvalue weighted by Crippen LogP contribution is 2.30. The maximum Gasteiger partial charge on any atom is 0.264 e. The van der Waals surface area contributed by atoms with Gasteiger partial charge in [-0.15, -0.1) is 11.8 Å². The molecule has 3 rings (SSSR count). The average molecular weight is 350 g/mol. The van der Waals surface area contributed by atoms with Crippen molar-refractivity contribution < 1.29 is 14.3 Å². The minimum absolute atomic E-state index is 0.156. The number of halogens is 1. The first kappa shape index (κ1) is 16.0. The maximum atomic E-state index is 12.1. The summed E-state index contributed by atoms with van der Waals surface area (Å²) in [7, 11) is 0. The maximum absolute atomic E-state index is 12.1. The molecule has 0 fully saturated rings. The van der Waals surface area contributed by atoms with Crippen LogP contribution in [0.25, 0.3) is 0 Å². The number of fused-ring (bicyclic) bond motifs is 1. The van der Waals surface area contributed by atoms with Gasteiger partial charge in [-0.2, -0.15) is 0 Å². The highest BCUT2D eigenvalue weighted by Gasteiger charge is 2.26. The number of hydrogen-bond acceptors (Lipinski definition) is 4. The molecule has 1 atom stereocenters. The molecule has 0 unspecified atom stereocenters. The van der Waals surface area contributed by atoms with Gasteiger partial charge in [-0.3, -0.25) is 4.79 Å². The summed E-state index contributed by atoms with van der Waals surface area (Å²) in [5.74, 6) is 1.90. The molecule has 23 heavy (non-hydrogen) atoms. The normalized spacial score (nSPS) is 16.0. The number of ether oxygens (including phenoxy) is 2. The molecule has 0 spiro atoms. The number of benzene rings is 2. The number of amides is 1. The molecule has 0 aliphatic carbocycles. The van der Waals surface area contributed by atoms with Gasteiger partial charge in [0.1, 0.15) is 6.61 Å². The van der Waals surface area contributed by atoms with Gasteiger partial charge in [0.25, 0.3) is 5.91 Å². The summed E-state index contributed by atoms with van der Waals surface area (Å²) in [5.41, 5.74) is 0. The van der Waals surface area contributed by atoms with Crippen LogP contribution in [-0.4, -0.2) is 30.9 Å². The van der Waals surface area contributed by atoms with E-state index in [9.17, 15) is 4.79 Å². The monoisotopic (exact) mass is 349 g/mol. The lowest BCUT2D eigenvalue weighted by Gasteiger charge is -2.25. The van der Waals surface area contributed by atoms with Gasteiger partial charge in [0, 0.05) is 22.2 Å². The highest BCUT2D eigenvalue weighted by atomic mass is 35.5. The molecule has 120 valence electrons. The van der Waals surface area contributed by atoms with E-state index in [1.807, 2.05) is 42.5 Å². The smallest absolute Gasteiger partial charge is 0.264 e. The van der Waals surface area contributed by atoms with Crippen molar-refractivity contribution in [2.24, 2.45) is 0 Å². The number of rotatable bonds is 5. The van der Waals surface area contributed by atoms with Crippen molar-refractivity contribution >= 4 is 29.3 Å². The van der Waals surface area contributed by atoms with Gasteiger partial charge in [-0.1, -0.05) is 23.7 Å². The third kappa shape index (κ3) is 4.33. The lowest BCUT2D eigenvalue weighted by atomic mass is 10.2. The summed E-state index contributed by atoms with van der Waals surface area (Å²) in [4.78, 5) is 13.2. The van der Waals surface area contributed by atoms with Gasteiger partial charge in [0.15, 0.2) is 11.5 Å². The molecule has 1 aliphatic heterocycles. The zero-order valence-corrected chi connectivity index (χ0v) is 13.9. The fraction of sp³-hybridized carbons (Fsp3) is 0.235. The second-order valence-corrected chi connectivity index (χ2v) is 6.56. The summed E-state index contributed by atoms with van der Waals surface area (Å²) in [6, 6.07) is 15.0. The van der Waals surface area contributed by atoms with Crippen molar-refractivity contribution in [3.63, 3.8) is 0 Å². The zero-order valence-electron chi connectivity index (χ0n) is 12.3. The second-order valence-electron chi connectivity index (χ2n) is 4.96. The first-order valence-corrected chi connectivity index (χ1v) is 8.63. The number of hydrogen-bond donors (Lipinski definition) is 1. The predicted molar refractivity (Wildman–Crippen MR) is 91.5 cm³/mol. The SMILES string of the molecule is O=C(NCCSc1ccc(Cl)cc1)[C@H]1COc2ccccc2O1. The summed E-state index contributed by atoms with van der Waals surface area (Å²) in [6.07, 6.45) is -0.606. The van der Waals surface area contributed by atoms with E-state index in [0.29, 0.717) is 18.0 Å². The van der Waals surface area contributed by atoms with Crippen LogP contribution >= 0.6 is 23.4 Å². The van der Waals surface area contributed by atoms with Crippen molar-refractivity contribution in [2.75, 3.05) is 18.9 Å². The first-order chi connectivity index (χ1) is 11.2. The molecule has 1 N–H and O–H groups in total. The molecule has 2 aromatic carbocycles. The summed E-state index contributed by atoms with van der Waals surface area (Å²) in [5, 5.41) is 3.59. The van der Waals surface area contributed by atoms with Crippen molar-refractivity contribution in [1.82, 2.24) is 5.32 Å². The van der Waals surface area contributed by atoms with E-state index in [1.165, 1.54) is 0 Å². The third-order valence-electron chi connectivity index (χ3n) is 3.28. The summed E-state index contributed by atoms with van der Waals surface area (Å²) < 4.78 is 11.2. The van der Waals surface area contributed by atoms with Gasteiger partial charge in [-0.05, 0) is 36.4 Å². The number of carbonyl (C=O) groups is 1. The molecule has 0 aromatic heterocycles. The molecule has 0 radical (unpaired) electrons. The van der Waals surface area contributed by atoms with Crippen molar-refractivity contribution in [3.8, 4) is 11.5 Å². The van der Waals surface area contributed by atoms with Gasteiger partial charge in [0.05, 0.1) is 0 Å². The summed E-state index contributed by atoms with van der Waals surface area (Å²) in [6.45, 7) is 0.792. The Balaban J connectivity index is 1.42. The van der Waals surface area contributed by atoms with Crippen LogP contribution in [-0.2, 0) is 4.79 Å². The number of carbonyl (C=O) groups excluding carboxylic acids is 1. The topological polar surface area (TPSA) is 47.6 Å². The fourth-order valence-corrected chi connectivity index (χ4v) is 3.03. The molecule has 2 aromatic rings. The largest absolute Gasteiger partial charge is 0.485 e. The predicted octanol–water partition coefficient (Wildman–Crippen LogP) is 3.39. The van der Waals surface area contributed by atoms with Crippen molar-refractivity contribution in [3.05, 3.63) is 53.6 Å². The zero-order chi connectivity index (χ0) is 16.1. The first-order valence-electron chi connectivity index (χ1n) is 7.27. The Labute approximate surface area is 144 Å². The van der Waals surface area contributed by atoms with Crippen LogP contribution in [0.15, 0.2) is 53.4 Å². The molecule has 0 bridgehead atoms. The average Bonchev–Trinajstić information content (AvgIpc) is 2.59. The Hall–Kier alpha value is -1.85. The van der Waals surface area contributed by atoms with Crippen LogP contribution in [0.1, 0.15) is 0 Å². The van der Waals surface area contributed by atoms with E-state index in [1.54, 1.807) is 17.8 Å². The summed E-state index contributed by atoms with van der Waals surface area (Å²) >= 11 is 7.51. The van der Waals surface area contributed by atoms with Crippen LogP contribution in [0.3, 0.4) is 0 Å². The van der Waals surface area contributed by atoms with Crippen molar-refractivity contribution in [1.29, 1.82) is 0 Å². The Bertz CT molecular complexity index is 678. The van der Waals surface area contributed by atoms with Gasteiger partial charge in [0.2, 0.25) is 6.10 Å². The Morgan fingerprint density at radius 1 is 1.17 bits per heavy atom. The molecular weight excluding hydrogens is 334 g/mol. The number of nitrogens with one attached hydrogen (secondary N) is 1. The number of para-hydroxylation sites is 2. The van der Waals surface area contributed by atoms with Crippen LogP contribution < -0.4 is 14.8 Å². The van der Waals surface area contributed by atoms with Crippen LogP contribution in [0.4, 0.5) is 0 Å². The van der Waals surface area contributed by atoms with Crippen LogP contribution in [0, 0.1) is 0 Å². The molecular formula is C17H16ClNO3S. The Kier molecular flexibility index (Phi) is 5.31. The molecule has 1 aliphatic rings. The van der Waals surface area contributed by atoms with Gasteiger partial charge < -0.3 is 14.8 Å². The van der Waals surface area contributed by atoms with E-state index < -0.39 is 6.10 Å². The standard InChI is InChI=1S/C17H16ClNO3S/c18-12-5-7-13(8-6-12)23-10-9-19-17(20)16-11-21-14-3-1-2-4-15(14)22-16/h1-8,16H,9-11H2,(H,19,20)/t16-/m1/s1.